The molecule has 1 aromatic rings. The molecule has 0 bridgehead atoms. The minimum absolute atomic E-state index is 0.136. The molecule has 0 saturated heterocycles. The molecule has 0 aliphatic heterocycles. The zero-order valence-electron chi connectivity index (χ0n) is 11.1. The Morgan fingerprint density at radius 3 is 2.95 bits per heavy atom. The Morgan fingerprint density at radius 2 is 2.32 bits per heavy atom. The number of amidine groups is 1. The molecular weight excluding hydrogens is 245 g/mol. The standard InChI is InChI=1S/C14H20FN3O/c1-9(10-5-6-10)7-17-8-11-3-2-4-12(13(11)15)14(16)18-19/h2-4,9-10,17,19H,5-8H2,1H3,(H2,16,18). The van der Waals surface area contributed by atoms with Gasteiger partial charge >= 0.3 is 0 Å². The van der Waals surface area contributed by atoms with Crippen molar-refractivity contribution in [1.82, 2.24) is 5.32 Å². The summed E-state index contributed by atoms with van der Waals surface area (Å²) in [6, 6.07) is 4.91. The molecule has 1 unspecified atom stereocenters. The summed E-state index contributed by atoms with van der Waals surface area (Å²) in [4.78, 5) is 0. The maximum absolute atomic E-state index is 14.1. The third kappa shape index (κ3) is 3.44. The summed E-state index contributed by atoms with van der Waals surface area (Å²) in [6.07, 6.45) is 2.63. The first kappa shape index (κ1) is 13.8. The van der Waals surface area contributed by atoms with Gasteiger partial charge in [0.2, 0.25) is 0 Å². The van der Waals surface area contributed by atoms with Gasteiger partial charge in [0.25, 0.3) is 0 Å². The van der Waals surface area contributed by atoms with Crippen LogP contribution in [0.4, 0.5) is 4.39 Å². The number of oxime groups is 1. The molecule has 1 aromatic carbocycles. The Morgan fingerprint density at radius 1 is 1.58 bits per heavy atom. The van der Waals surface area contributed by atoms with Gasteiger partial charge in [-0.25, -0.2) is 4.39 Å². The molecular formula is C14H20FN3O. The summed E-state index contributed by atoms with van der Waals surface area (Å²) in [5.74, 6) is 0.839. The van der Waals surface area contributed by atoms with E-state index >= 15 is 0 Å². The van der Waals surface area contributed by atoms with Crippen molar-refractivity contribution in [1.29, 1.82) is 0 Å². The van der Waals surface area contributed by atoms with Crippen molar-refractivity contribution in [3.8, 4) is 0 Å². The average Bonchev–Trinajstić information content (AvgIpc) is 3.24. The van der Waals surface area contributed by atoms with Crippen molar-refractivity contribution in [2.75, 3.05) is 6.54 Å². The van der Waals surface area contributed by atoms with Crippen LogP contribution in [0.1, 0.15) is 30.9 Å². The van der Waals surface area contributed by atoms with E-state index in [4.69, 9.17) is 10.9 Å². The van der Waals surface area contributed by atoms with Crippen molar-refractivity contribution >= 4 is 5.84 Å². The van der Waals surface area contributed by atoms with Crippen LogP contribution in [0.25, 0.3) is 0 Å². The van der Waals surface area contributed by atoms with E-state index in [1.807, 2.05) is 0 Å². The van der Waals surface area contributed by atoms with Crippen LogP contribution in [0.15, 0.2) is 23.4 Å². The SMILES string of the molecule is CC(CNCc1cccc(/C(N)=N/O)c1F)C1CC1. The van der Waals surface area contributed by atoms with Gasteiger partial charge in [-0.1, -0.05) is 24.2 Å². The number of hydrogen-bond acceptors (Lipinski definition) is 3. The van der Waals surface area contributed by atoms with E-state index in [0.717, 1.165) is 12.5 Å². The summed E-state index contributed by atoms with van der Waals surface area (Å²) < 4.78 is 14.1. The largest absolute Gasteiger partial charge is 0.409 e. The van der Waals surface area contributed by atoms with Crippen molar-refractivity contribution in [3.63, 3.8) is 0 Å². The first-order chi connectivity index (χ1) is 9.13. The van der Waals surface area contributed by atoms with Crippen LogP contribution in [0.5, 0.6) is 0 Å². The average molecular weight is 265 g/mol. The topological polar surface area (TPSA) is 70.6 Å². The van der Waals surface area contributed by atoms with E-state index in [1.165, 1.54) is 18.9 Å². The summed E-state index contributed by atoms with van der Waals surface area (Å²) in [6.45, 7) is 3.56. The normalized spacial score (nSPS) is 17.5. The molecule has 19 heavy (non-hydrogen) atoms. The highest BCUT2D eigenvalue weighted by Crippen LogP contribution is 2.36. The highest BCUT2D eigenvalue weighted by Gasteiger charge is 2.27. The second-order valence-electron chi connectivity index (χ2n) is 5.21. The Balaban J connectivity index is 1.96. The fourth-order valence-electron chi connectivity index (χ4n) is 2.23. The molecule has 4 nitrogen and oxygen atoms in total. The molecule has 0 spiro atoms. The quantitative estimate of drug-likeness (QED) is 0.319. The van der Waals surface area contributed by atoms with E-state index in [0.29, 0.717) is 18.0 Å². The first-order valence-corrected chi connectivity index (χ1v) is 6.59. The Bertz CT molecular complexity index is 472. The fraction of sp³-hybridized carbons (Fsp3) is 0.500. The van der Waals surface area contributed by atoms with Gasteiger partial charge in [-0.3, -0.25) is 0 Å². The molecule has 104 valence electrons. The molecule has 0 radical (unpaired) electrons. The van der Waals surface area contributed by atoms with Crippen LogP contribution in [0.3, 0.4) is 0 Å². The minimum Gasteiger partial charge on any atom is -0.409 e. The van der Waals surface area contributed by atoms with Gasteiger partial charge in [-0.15, -0.1) is 0 Å². The van der Waals surface area contributed by atoms with Gasteiger partial charge in [-0.2, -0.15) is 0 Å². The molecule has 1 saturated carbocycles. The second kappa shape index (κ2) is 6.02. The van der Waals surface area contributed by atoms with Crippen LogP contribution in [-0.2, 0) is 6.54 Å². The van der Waals surface area contributed by atoms with E-state index in [9.17, 15) is 4.39 Å². The lowest BCUT2D eigenvalue weighted by atomic mass is 10.1. The number of halogens is 1. The third-order valence-corrected chi connectivity index (χ3v) is 3.67. The van der Waals surface area contributed by atoms with E-state index < -0.39 is 5.82 Å². The lowest BCUT2D eigenvalue weighted by Crippen LogP contribution is -2.23. The van der Waals surface area contributed by atoms with E-state index in [1.54, 1.807) is 12.1 Å². The summed E-state index contributed by atoms with van der Waals surface area (Å²) >= 11 is 0. The van der Waals surface area contributed by atoms with Gasteiger partial charge in [-0.05, 0) is 37.3 Å². The monoisotopic (exact) mass is 265 g/mol. The maximum atomic E-state index is 14.1. The molecule has 2 rings (SSSR count). The van der Waals surface area contributed by atoms with Gasteiger partial charge < -0.3 is 16.3 Å². The second-order valence-corrected chi connectivity index (χ2v) is 5.21. The number of nitrogens with two attached hydrogens (primary N) is 1. The Hall–Kier alpha value is -1.62. The van der Waals surface area contributed by atoms with E-state index in [2.05, 4.69) is 17.4 Å². The summed E-state index contributed by atoms with van der Waals surface area (Å²) in [5, 5.41) is 14.7. The zero-order chi connectivity index (χ0) is 13.8. The molecule has 0 amide bonds. The number of nitrogens with zero attached hydrogens (tertiary/aromatic N) is 1. The van der Waals surface area contributed by atoms with Gasteiger partial charge in [0.1, 0.15) is 5.82 Å². The first-order valence-electron chi connectivity index (χ1n) is 6.59. The molecule has 1 atom stereocenters. The molecule has 5 heteroatoms. The predicted molar refractivity (Wildman–Crippen MR) is 72.5 cm³/mol. The highest BCUT2D eigenvalue weighted by atomic mass is 19.1. The molecule has 4 N–H and O–H groups in total. The molecule has 1 fully saturated rings. The van der Waals surface area contributed by atoms with Crippen molar-refractivity contribution in [3.05, 3.63) is 35.1 Å². The number of hydrogen-bond donors (Lipinski definition) is 3. The lowest BCUT2D eigenvalue weighted by molar-refractivity contribution is 0.318. The predicted octanol–water partition coefficient (Wildman–Crippen LogP) is 2.06. The Labute approximate surface area is 112 Å². The van der Waals surface area contributed by atoms with Crippen molar-refractivity contribution in [2.45, 2.75) is 26.3 Å². The minimum atomic E-state index is -0.427. The zero-order valence-corrected chi connectivity index (χ0v) is 11.1. The van der Waals surface area contributed by atoms with Crippen LogP contribution < -0.4 is 11.1 Å². The van der Waals surface area contributed by atoms with E-state index in [-0.39, 0.29) is 11.4 Å². The number of nitrogens with one attached hydrogen (secondary N) is 1. The van der Waals surface area contributed by atoms with Crippen LogP contribution in [-0.4, -0.2) is 17.6 Å². The summed E-state index contributed by atoms with van der Waals surface area (Å²) in [7, 11) is 0. The molecule has 0 aromatic heterocycles. The highest BCUT2D eigenvalue weighted by molar-refractivity contribution is 5.97. The lowest BCUT2D eigenvalue weighted by Gasteiger charge is -2.12. The molecule has 1 aliphatic carbocycles. The number of benzene rings is 1. The Kier molecular flexibility index (Phi) is 4.37. The smallest absolute Gasteiger partial charge is 0.173 e. The van der Waals surface area contributed by atoms with Crippen molar-refractivity contribution in [2.24, 2.45) is 22.7 Å². The van der Waals surface area contributed by atoms with Gasteiger partial charge in [0, 0.05) is 12.1 Å². The van der Waals surface area contributed by atoms with Gasteiger partial charge in [0.15, 0.2) is 5.84 Å². The fourth-order valence-corrected chi connectivity index (χ4v) is 2.23. The van der Waals surface area contributed by atoms with Crippen molar-refractivity contribution < 1.29 is 9.60 Å². The molecule has 0 heterocycles. The van der Waals surface area contributed by atoms with Crippen LogP contribution in [0.2, 0.25) is 0 Å². The van der Waals surface area contributed by atoms with Crippen LogP contribution in [0, 0.1) is 17.7 Å². The van der Waals surface area contributed by atoms with Crippen LogP contribution >= 0.6 is 0 Å². The number of rotatable bonds is 6. The molecule has 1 aliphatic rings. The maximum Gasteiger partial charge on any atom is 0.173 e. The van der Waals surface area contributed by atoms with Gasteiger partial charge in [0.05, 0.1) is 5.56 Å². The third-order valence-electron chi connectivity index (χ3n) is 3.67. The summed E-state index contributed by atoms with van der Waals surface area (Å²) in [5.41, 5.74) is 6.10.